The van der Waals surface area contributed by atoms with Gasteiger partial charge in [-0.1, -0.05) is 0 Å². The summed E-state index contributed by atoms with van der Waals surface area (Å²) in [5.74, 6) is -1.68. The third kappa shape index (κ3) is 1.78. The minimum atomic E-state index is -1.10. The second-order valence-electron chi connectivity index (χ2n) is 4.21. The van der Waals surface area contributed by atoms with E-state index in [2.05, 4.69) is 10.1 Å². The predicted molar refractivity (Wildman–Crippen MR) is 67.5 cm³/mol. The third-order valence-electron chi connectivity index (χ3n) is 3.02. The maximum atomic E-state index is 11.8. The number of rotatable bonds is 3. The summed E-state index contributed by atoms with van der Waals surface area (Å²) in [6.45, 7) is 0.0287. The largest absolute Gasteiger partial charge is 0.478 e. The Bertz CT molecular complexity index is 858. The quantitative estimate of drug-likeness (QED) is 0.744. The number of aromatic carboxylic acids is 1. The van der Waals surface area contributed by atoms with Crippen LogP contribution in [-0.4, -0.2) is 30.4 Å². The molecule has 8 nitrogen and oxygen atoms in total. The maximum Gasteiger partial charge on any atom is 0.421 e. The topological polar surface area (TPSA) is 103 Å². The molecule has 0 spiro atoms. The molecule has 1 N–H and O–H groups in total. The molecule has 0 aliphatic heterocycles. The molecule has 0 aliphatic rings. The van der Waals surface area contributed by atoms with Crippen LogP contribution in [-0.2, 0) is 13.6 Å². The van der Waals surface area contributed by atoms with Gasteiger partial charge in [-0.2, -0.15) is 5.10 Å². The van der Waals surface area contributed by atoms with E-state index in [0.29, 0.717) is 16.9 Å². The molecule has 0 fully saturated rings. The highest BCUT2D eigenvalue weighted by molar-refractivity contribution is 5.88. The average Bonchev–Trinajstić information content (AvgIpc) is 2.92. The molecule has 0 bridgehead atoms. The second kappa shape index (κ2) is 4.34. The summed E-state index contributed by atoms with van der Waals surface area (Å²) in [7, 11) is 1.61. The van der Waals surface area contributed by atoms with Gasteiger partial charge in [-0.25, -0.2) is 14.6 Å². The van der Waals surface area contributed by atoms with Crippen molar-refractivity contribution in [3.63, 3.8) is 0 Å². The molecule has 0 unspecified atom stereocenters. The fourth-order valence-electron chi connectivity index (χ4n) is 2.02. The highest BCUT2D eigenvalue weighted by Crippen LogP contribution is 2.13. The zero-order chi connectivity index (χ0) is 14.3. The van der Waals surface area contributed by atoms with E-state index in [1.807, 2.05) is 0 Å². The van der Waals surface area contributed by atoms with Crippen molar-refractivity contribution in [3.8, 4) is 0 Å². The number of nitrogens with zero attached hydrogens (tertiary/aromatic N) is 4. The molecule has 0 atom stereocenters. The van der Waals surface area contributed by atoms with Gasteiger partial charge in [0.05, 0.1) is 18.4 Å². The average molecular weight is 274 g/mol. The number of hydrogen-bond acceptors (Lipinski definition) is 5. The Kier molecular flexibility index (Phi) is 2.63. The predicted octanol–water partition coefficient (Wildman–Crippen LogP) is 0.470. The molecular weight excluding hydrogens is 264 g/mol. The Morgan fingerprint density at radius 2 is 2.30 bits per heavy atom. The van der Waals surface area contributed by atoms with Crippen molar-refractivity contribution >= 4 is 17.2 Å². The Hall–Kier alpha value is -2.90. The first-order chi connectivity index (χ1) is 9.58. The van der Waals surface area contributed by atoms with Gasteiger partial charge in [0, 0.05) is 13.2 Å². The van der Waals surface area contributed by atoms with E-state index in [9.17, 15) is 9.59 Å². The van der Waals surface area contributed by atoms with Gasteiger partial charge in [0.25, 0.3) is 0 Å². The molecule has 0 radical (unpaired) electrons. The zero-order valence-electron chi connectivity index (χ0n) is 10.5. The van der Waals surface area contributed by atoms with Gasteiger partial charge >= 0.3 is 11.7 Å². The first-order valence-corrected chi connectivity index (χ1v) is 5.76. The van der Waals surface area contributed by atoms with Crippen LogP contribution in [0.15, 0.2) is 33.7 Å². The van der Waals surface area contributed by atoms with Crippen molar-refractivity contribution < 1.29 is 14.3 Å². The Morgan fingerprint density at radius 3 is 3.05 bits per heavy atom. The summed E-state index contributed by atoms with van der Waals surface area (Å²) < 4.78 is 7.75. The number of carboxylic acid groups (broad SMARTS) is 1. The molecule has 3 aromatic rings. The molecule has 3 rings (SSSR count). The Morgan fingerprint density at radius 1 is 1.50 bits per heavy atom. The minimum Gasteiger partial charge on any atom is -0.478 e. The van der Waals surface area contributed by atoms with Crippen molar-refractivity contribution in [1.29, 1.82) is 0 Å². The summed E-state index contributed by atoms with van der Waals surface area (Å²) in [6, 6.07) is 3.28. The Labute approximate surface area is 111 Å². The van der Waals surface area contributed by atoms with Crippen molar-refractivity contribution in [1.82, 2.24) is 19.3 Å². The van der Waals surface area contributed by atoms with Gasteiger partial charge in [0.15, 0.2) is 11.2 Å². The molecule has 20 heavy (non-hydrogen) atoms. The fraction of sp³-hybridized carbons (Fsp3) is 0.167. The molecular formula is C12H10N4O4. The number of pyridine rings is 1. The van der Waals surface area contributed by atoms with E-state index in [4.69, 9.17) is 9.52 Å². The summed E-state index contributed by atoms with van der Waals surface area (Å²) in [5.41, 5.74) is 1.17. The molecule has 3 aromatic heterocycles. The van der Waals surface area contributed by atoms with Crippen LogP contribution in [0.4, 0.5) is 0 Å². The number of carbonyl (C=O) groups is 1. The standard InChI is InChI=1S/C12H10N4O4/c1-15-8(7(5-14-15)11(17)18)6-16-10-9(20-12(16)19)3-2-4-13-10/h2-5H,6H2,1H3,(H,17,18). The lowest BCUT2D eigenvalue weighted by atomic mass is 10.2. The molecule has 3 heterocycles. The van der Waals surface area contributed by atoms with Gasteiger partial charge in [-0.3, -0.25) is 9.25 Å². The molecule has 102 valence electrons. The SMILES string of the molecule is Cn1ncc(C(=O)O)c1Cn1c(=O)oc2cccnc21. The number of aromatic nitrogens is 4. The third-order valence-corrected chi connectivity index (χ3v) is 3.02. The molecule has 0 amide bonds. The van der Waals surface area contributed by atoms with E-state index >= 15 is 0 Å². The first-order valence-electron chi connectivity index (χ1n) is 5.76. The summed E-state index contributed by atoms with van der Waals surface area (Å²) in [4.78, 5) is 27.0. The van der Waals surface area contributed by atoms with Crippen molar-refractivity contribution in [2.75, 3.05) is 0 Å². The number of aryl methyl sites for hydroxylation is 1. The monoisotopic (exact) mass is 274 g/mol. The lowest BCUT2D eigenvalue weighted by Gasteiger charge is -2.04. The van der Waals surface area contributed by atoms with E-state index < -0.39 is 11.7 Å². The summed E-state index contributed by atoms with van der Waals surface area (Å²) in [5, 5.41) is 13.0. The van der Waals surface area contributed by atoms with Crippen LogP contribution in [0.1, 0.15) is 16.1 Å². The van der Waals surface area contributed by atoms with Crippen LogP contribution in [0.5, 0.6) is 0 Å². The normalized spacial score (nSPS) is 11.1. The van der Waals surface area contributed by atoms with E-state index in [1.165, 1.54) is 21.6 Å². The number of fused-ring (bicyclic) bond motifs is 1. The van der Waals surface area contributed by atoms with Crippen molar-refractivity contribution in [2.24, 2.45) is 7.05 Å². The number of carboxylic acids is 1. The highest BCUT2D eigenvalue weighted by atomic mass is 16.4. The summed E-state index contributed by atoms with van der Waals surface area (Å²) >= 11 is 0. The van der Waals surface area contributed by atoms with E-state index in [-0.39, 0.29) is 12.1 Å². The molecule has 0 aliphatic carbocycles. The number of oxazole rings is 1. The lowest BCUT2D eigenvalue weighted by molar-refractivity contribution is 0.0695. The highest BCUT2D eigenvalue weighted by Gasteiger charge is 2.18. The van der Waals surface area contributed by atoms with Crippen molar-refractivity contribution in [3.05, 3.63) is 46.3 Å². The fourth-order valence-corrected chi connectivity index (χ4v) is 2.02. The molecule has 0 saturated carbocycles. The zero-order valence-corrected chi connectivity index (χ0v) is 10.5. The van der Waals surface area contributed by atoms with Gasteiger partial charge < -0.3 is 9.52 Å². The lowest BCUT2D eigenvalue weighted by Crippen LogP contribution is -2.19. The first kappa shape index (κ1) is 12.2. The van der Waals surface area contributed by atoms with Crippen LogP contribution < -0.4 is 5.76 Å². The smallest absolute Gasteiger partial charge is 0.421 e. The van der Waals surface area contributed by atoms with Gasteiger partial charge in [-0.15, -0.1) is 0 Å². The van der Waals surface area contributed by atoms with Crippen LogP contribution in [0.3, 0.4) is 0 Å². The van der Waals surface area contributed by atoms with Gasteiger partial charge in [-0.05, 0) is 12.1 Å². The van der Waals surface area contributed by atoms with Crippen LogP contribution in [0, 0.1) is 0 Å². The van der Waals surface area contributed by atoms with Crippen LogP contribution >= 0.6 is 0 Å². The van der Waals surface area contributed by atoms with E-state index in [1.54, 1.807) is 19.2 Å². The second-order valence-corrected chi connectivity index (χ2v) is 4.21. The maximum absolute atomic E-state index is 11.8. The van der Waals surface area contributed by atoms with E-state index in [0.717, 1.165) is 0 Å². The molecule has 8 heteroatoms. The minimum absolute atomic E-state index is 0.0287. The van der Waals surface area contributed by atoms with Gasteiger partial charge in [0.1, 0.15) is 5.56 Å². The number of hydrogen-bond donors (Lipinski definition) is 1. The molecule has 0 saturated heterocycles. The van der Waals surface area contributed by atoms with Crippen LogP contribution in [0.25, 0.3) is 11.2 Å². The molecule has 0 aromatic carbocycles. The Balaban J connectivity index is 2.15. The van der Waals surface area contributed by atoms with Gasteiger partial charge in [0.2, 0.25) is 0 Å². The van der Waals surface area contributed by atoms with Crippen molar-refractivity contribution in [2.45, 2.75) is 6.54 Å². The van der Waals surface area contributed by atoms with Crippen LogP contribution in [0.2, 0.25) is 0 Å². The summed E-state index contributed by atoms with van der Waals surface area (Å²) in [6.07, 6.45) is 2.79.